The molecule has 0 atom stereocenters. The van der Waals surface area contributed by atoms with Crippen molar-refractivity contribution < 1.29 is 9.84 Å². The van der Waals surface area contributed by atoms with Gasteiger partial charge in [-0.15, -0.1) is 0 Å². The van der Waals surface area contributed by atoms with Gasteiger partial charge in [-0.1, -0.05) is 25.4 Å². The molecule has 0 unspecified atom stereocenters. The molecule has 84 valence electrons. The van der Waals surface area contributed by atoms with E-state index in [2.05, 4.69) is 13.8 Å². The van der Waals surface area contributed by atoms with Gasteiger partial charge in [-0.2, -0.15) is 0 Å². The highest BCUT2D eigenvalue weighted by atomic mass is 35.5. The molecule has 1 N–H and O–H groups in total. The number of aryl methyl sites for hydroxylation is 1. The highest BCUT2D eigenvalue weighted by molar-refractivity contribution is 6.32. The van der Waals surface area contributed by atoms with E-state index in [-0.39, 0.29) is 5.75 Å². The normalized spacial score (nSPS) is 10.8. The van der Waals surface area contributed by atoms with E-state index >= 15 is 0 Å². The van der Waals surface area contributed by atoms with E-state index in [4.69, 9.17) is 16.3 Å². The number of halogens is 1. The number of phenols is 1. The first kappa shape index (κ1) is 12.2. The van der Waals surface area contributed by atoms with E-state index in [0.717, 1.165) is 5.56 Å². The second kappa shape index (κ2) is 4.75. The van der Waals surface area contributed by atoms with E-state index in [9.17, 15) is 5.11 Å². The zero-order chi connectivity index (χ0) is 11.6. The number of phenolic OH excluding ortho intramolecular Hbond substituents is 1. The molecule has 3 heteroatoms. The first-order valence-electron chi connectivity index (χ1n) is 5.05. The summed E-state index contributed by atoms with van der Waals surface area (Å²) in [6.07, 6.45) is 0. The molecule has 1 aromatic rings. The molecule has 2 nitrogen and oxygen atoms in total. The van der Waals surface area contributed by atoms with E-state index < -0.39 is 0 Å². The lowest BCUT2D eigenvalue weighted by Crippen LogP contribution is -2.05. The van der Waals surface area contributed by atoms with Crippen molar-refractivity contribution in [2.75, 3.05) is 6.61 Å². The minimum absolute atomic E-state index is 0.145. The summed E-state index contributed by atoms with van der Waals surface area (Å²) in [4.78, 5) is 0. The van der Waals surface area contributed by atoms with Gasteiger partial charge in [0, 0.05) is 5.56 Å². The van der Waals surface area contributed by atoms with Crippen molar-refractivity contribution in [1.82, 2.24) is 0 Å². The molecule has 1 rings (SSSR count). The molecule has 0 aliphatic rings. The predicted octanol–water partition coefficient (Wildman–Crippen LogP) is 3.70. The minimum Gasteiger partial charge on any atom is -0.504 e. The summed E-state index contributed by atoms with van der Waals surface area (Å²) in [5.74, 6) is 1.09. The van der Waals surface area contributed by atoms with Crippen molar-refractivity contribution in [2.24, 2.45) is 5.92 Å². The van der Waals surface area contributed by atoms with Gasteiger partial charge in [0.1, 0.15) is 0 Å². The van der Waals surface area contributed by atoms with Gasteiger partial charge < -0.3 is 9.84 Å². The third-order valence-electron chi connectivity index (χ3n) is 2.18. The number of benzene rings is 1. The molecule has 1 aromatic carbocycles. The Morgan fingerprint density at radius 3 is 2.53 bits per heavy atom. The average molecular weight is 229 g/mol. The van der Waals surface area contributed by atoms with Gasteiger partial charge >= 0.3 is 0 Å². The molecule has 15 heavy (non-hydrogen) atoms. The molecule has 0 radical (unpaired) electrons. The van der Waals surface area contributed by atoms with Crippen molar-refractivity contribution in [3.8, 4) is 11.5 Å². The highest BCUT2D eigenvalue weighted by Gasteiger charge is 2.12. The maximum atomic E-state index is 9.81. The fourth-order valence-corrected chi connectivity index (χ4v) is 1.42. The monoisotopic (exact) mass is 228 g/mol. The predicted molar refractivity (Wildman–Crippen MR) is 62.9 cm³/mol. The van der Waals surface area contributed by atoms with Crippen LogP contribution in [0.3, 0.4) is 0 Å². The lowest BCUT2D eigenvalue weighted by Gasteiger charge is -2.14. The SMILES string of the molecule is Cc1cc(OCC(C)C)c(O)c(C)c1Cl. The van der Waals surface area contributed by atoms with Crippen LogP contribution in [-0.2, 0) is 0 Å². The Hall–Kier alpha value is -0.890. The van der Waals surface area contributed by atoms with Crippen molar-refractivity contribution in [1.29, 1.82) is 0 Å². The van der Waals surface area contributed by atoms with Crippen molar-refractivity contribution >= 4 is 11.6 Å². The Morgan fingerprint density at radius 2 is 2.00 bits per heavy atom. The second-order valence-electron chi connectivity index (χ2n) is 4.18. The smallest absolute Gasteiger partial charge is 0.162 e. The summed E-state index contributed by atoms with van der Waals surface area (Å²) in [7, 11) is 0. The van der Waals surface area contributed by atoms with Crippen LogP contribution in [0.1, 0.15) is 25.0 Å². The van der Waals surface area contributed by atoms with Gasteiger partial charge in [0.05, 0.1) is 11.6 Å². The number of hydrogen-bond donors (Lipinski definition) is 1. The molecule has 0 heterocycles. The van der Waals surface area contributed by atoms with Gasteiger partial charge in [-0.25, -0.2) is 0 Å². The number of hydrogen-bond acceptors (Lipinski definition) is 2. The summed E-state index contributed by atoms with van der Waals surface area (Å²) in [6, 6.07) is 1.77. The highest BCUT2D eigenvalue weighted by Crippen LogP contribution is 2.36. The summed E-state index contributed by atoms with van der Waals surface area (Å²) >= 11 is 6.00. The lowest BCUT2D eigenvalue weighted by molar-refractivity contribution is 0.259. The van der Waals surface area contributed by atoms with E-state index in [1.807, 2.05) is 6.92 Å². The van der Waals surface area contributed by atoms with Crippen molar-refractivity contribution in [2.45, 2.75) is 27.7 Å². The fraction of sp³-hybridized carbons (Fsp3) is 0.500. The zero-order valence-electron chi connectivity index (χ0n) is 9.60. The Bertz CT molecular complexity index is 359. The van der Waals surface area contributed by atoms with Crippen LogP contribution in [0.4, 0.5) is 0 Å². The molecule has 0 aromatic heterocycles. The van der Waals surface area contributed by atoms with Gasteiger partial charge in [0.15, 0.2) is 11.5 Å². The van der Waals surface area contributed by atoms with Crippen molar-refractivity contribution in [3.63, 3.8) is 0 Å². The molecule has 0 saturated carbocycles. The summed E-state index contributed by atoms with van der Waals surface area (Å²) in [5.41, 5.74) is 1.60. The van der Waals surface area contributed by atoms with Gasteiger partial charge in [0.2, 0.25) is 0 Å². The van der Waals surface area contributed by atoms with Crippen LogP contribution in [0, 0.1) is 19.8 Å². The largest absolute Gasteiger partial charge is 0.504 e. The fourth-order valence-electron chi connectivity index (χ4n) is 1.28. The first-order chi connectivity index (χ1) is 6.93. The van der Waals surface area contributed by atoms with Gasteiger partial charge in [0.25, 0.3) is 0 Å². The van der Waals surface area contributed by atoms with Crippen LogP contribution >= 0.6 is 11.6 Å². The first-order valence-corrected chi connectivity index (χ1v) is 5.42. The van der Waals surface area contributed by atoms with Crippen LogP contribution in [0.2, 0.25) is 5.02 Å². The van der Waals surface area contributed by atoms with Crippen molar-refractivity contribution in [3.05, 3.63) is 22.2 Å². The van der Waals surface area contributed by atoms with Gasteiger partial charge in [-0.3, -0.25) is 0 Å². The standard InChI is InChI=1S/C12H17ClO2/c1-7(2)6-15-10-5-8(3)11(13)9(4)12(10)14/h5,7,14H,6H2,1-4H3. The maximum Gasteiger partial charge on any atom is 0.162 e. The topological polar surface area (TPSA) is 29.5 Å². The molecule has 0 amide bonds. The van der Waals surface area contributed by atoms with Gasteiger partial charge in [-0.05, 0) is 31.4 Å². The quantitative estimate of drug-likeness (QED) is 0.855. The molecule has 0 spiro atoms. The number of ether oxygens (including phenoxy) is 1. The zero-order valence-corrected chi connectivity index (χ0v) is 10.4. The third kappa shape index (κ3) is 2.78. The lowest BCUT2D eigenvalue weighted by atomic mass is 10.1. The summed E-state index contributed by atoms with van der Waals surface area (Å²) < 4.78 is 5.51. The molecule has 0 aliphatic heterocycles. The number of rotatable bonds is 3. The Morgan fingerprint density at radius 1 is 1.40 bits per heavy atom. The Balaban J connectivity index is 2.99. The molecule has 0 saturated heterocycles. The second-order valence-corrected chi connectivity index (χ2v) is 4.56. The molecular formula is C12H17ClO2. The average Bonchev–Trinajstić information content (AvgIpc) is 2.18. The Labute approximate surface area is 95.8 Å². The van der Waals surface area contributed by atoms with Crippen LogP contribution < -0.4 is 4.74 Å². The third-order valence-corrected chi connectivity index (χ3v) is 2.77. The van der Waals surface area contributed by atoms with Crippen LogP contribution in [-0.4, -0.2) is 11.7 Å². The molecular weight excluding hydrogens is 212 g/mol. The van der Waals surface area contributed by atoms with E-state index in [1.54, 1.807) is 13.0 Å². The molecule has 0 fully saturated rings. The molecule has 0 bridgehead atoms. The van der Waals surface area contributed by atoms with Crippen LogP contribution in [0.15, 0.2) is 6.07 Å². The summed E-state index contributed by atoms with van der Waals surface area (Å²) in [6.45, 7) is 8.40. The van der Waals surface area contributed by atoms with Crippen LogP contribution in [0.5, 0.6) is 11.5 Å². The molecule has 0 aliphatic carbocycles. The van der Waals surface area contributed by atoms with E-state index in [1.165, 1.54) is 0 Å². The Kier molecular flexibility index (Phi) is 3.86. The maximum absolute atomic E-state index is 9.81. The van der Waals surface area contributed by atoms with Crippen LogP contribution in [0.25, 0.3) is 0 Å². The summed E-state index contributed by atoms with van der Waals surface area (Å²) in [5, 5.41) is 10.4. The van der Waals surface area contributed by atoms with E-state index in [0.29, 0.717) is 28.9 Å². The number of aromatic hydroxyl groups is 1. The minimum atomic E-state index is 0.145.